The number of rotatable bonds is 2. The molecule has 0 aliphatic carbocycles. The molecule has 0 saturated heterocycles. The minimum absolute atomic E-state index is 0.420. The van der Waals surface area contributed by atoms with Crippen molar-refractivity contribution < 1.29 is 9.53 Å². The Labute approximate surface area is 84.2 Å². The van der Waals surface area contributed by atoms with Crippen LogP contribution in [0, 0.1) is 20.8 Å². The van der Waals surface area contributed by atoms with E-state index in [2.05, 4.69) is 6.58 Å². The standard InChI is InChI=1S/C12H14O2/c1-5-12(13)14-11-7-6-8(2)9(3)10(11)4/h5-7H,1H2,2-4H3. The predicted octanol–water partition coefficient (Wildman–Crippen LogP) is 2.70. The topological polar surface area (TPSA) is 26.3 Å². The summed E-state index contributed by atoms with van der Waals surface area (Å²) in [6, 6.07) is 3.74. The first-order valence-corrected chi connectivity index (χ1v) is 4.47. The third-order valence-electron chi connectivity index (χ3n) is 2.39. The van der Waals surface area contributed by atoms with Crippen LogP contribution in [-0.4, -0.2) is 5.97 Å². The van der Waals surface area contributed by atoms with Crippen LogP contribution in [0.15, 0.2) is 24.8 Å². The fraction of sp³-hybridized carbons (Fsp3) is 0.250. The first-order valence-electron chi connectivity index (χ1n) is 4.47. The van der Waals surface area contributed by atoms with Gasteiger partial charge in [0.05, 0.1) is 0 Å². The Morgan fingerprint density at radius 1 is 1.29 bits per heavy atom. The number of esters is 1. The summed E-state index contributed by atoms with van der Waals surface area (Å²) in [6.07, 6.45) is 1.16. The number of carbonyl (C=O) groups is 1. The number of ether oxygens (including phenoxy) is 1. The molecule has 0 atom stereocenters. The Kier molecular flexibility index (Phi) is 3.07. The molecule has 0 heterocycles. The normalized spacial score (nSPS) is 9.64. The van der Waals surface area contributed by atoms with E-state index in [0.29, 0.717) is 5.75 Å². The molecule has 1 rings (SSSR count). The van der Waals surface area contributed by atoms with Gasteiger partial charge in [0.2, 0.25) is 0 Å². The summed E-state index contributed by atoms with van der Waals surface area (Å²) in [7, 11) is 0. The van der Waals surface area contributed by atoms with Gasteiger partial charge in [0, 0.05) is 6.08 Å². The highest BCUT2D eigenvalue weighted by molar-refractivity contribution is 5.83. The van der Waals surface area contributed by atoms with Crippen LogP contribution in [0.1, 0.15) is 16.7 Å². The molecule has 0 aromatic heterocycles. The molecule has 0 amide bonds. The van der Waals surface area contributed by atoms with E-state index in [4.69, 9.17) is 4.74 Å². The summed E-state index contributed by atoms with van der Waals surface area (Å²) < 4.78 is 5.07. The molecule has 0 N–H and O–H groups in total. The van der Waals surface area contributed by atoms with Crippen LogP contribution < -0.4 is 4.74 Å². The molecule has 74 valence electrons. The molecule has 1 aromatic rings. The second kappa shape index (κ2) is 4.09. The number of hydrogen-bond donors (Lipinski definition) is 0. The van der Waals surface area contributed by atoms with E-state index in [1.54, 1.807) is 6.07 Å². The van der Waals surface area contributed by atoms with Gasteiger partial charge in [-0.15, -0.1) is 0 Å². The Morgan fingerprint density at radius 3 is 2.50 bits per heavy atom. The van der Waals surface area contributed by atoms with E-state index in [0.717, 1.165) is 17.2 Å². The Morgan fingerprint density at radius 2 is 1.93 bits per heavy atom. The molecule has 2 nitrogen and oxygen atoms in total. The lowest BCUT2D eigenvalue weighted by molar-refractivity contribution is -0.129. The second-order valence-corrected chi connectivity index (χ2v) is 3.26. The van der Waals surface area contributed by atoms with E-state index < -0.39 is 5.97 Å². The summed E-state index contributed by atoms with van der Waals surface area (Å²) in [5.41, 5.74) is 3.35. The van der Waals surface area contributed by atoms with Crippen LogP contribution >= 0.6 is 0 Å². The van der Waals surface area contributed by atoms with Gasteiger partial charge in [0.1, 0.15) is 5.75 Å². The quantitative estimate of drug-likeness (QED) is 0.407. The van der Waals surface area contributed by atoms with Gasteiger partial charge in [-0.3, -0.25) is 0 Å². The summed E-state index contributed by atoms with van der Waals surface area (Å²) in [5, 5.41) is 0. The number of hydrogen-bond acceptors (Lipinski definition) is 2. The van der Waals surface area contributed by atoms with Gasteiger partial charge in [-0.25, -0.2) is 4.79 Å². The summed E-state index contributed by atoms with van der Waals surface area (Å²) in [4.78, 5) is 11.0. The molecule has 1 aromatic carbocycles. The van der Waals surface area contributed by atoms with E-state index in [9.17, 15) is 4.79 Å². The van der Waals surface area contributed by atoms with Gasteiger partial charge >= 0.3 is 5.97 Å². The zero-order valence-electron chi connectivity index (χ0n) is 8.76. The minimum Gasteiger partial charge on any atom is -0.423 e. The van der Waals surface area contributed by atoms with E-state index in [1.807, 2.05) is 26.8 Å². The number of benzene rings is 1. The smallest absolute Gasteiger partial charge is 0.335 e. The highest BCUT2D eigenvalue weighted by atomic mass is 16.5. The van der Waals surface area contributed by atoms with Crippen molar-refractivity contribution in [1.29, 1.82) is 0 Å². The molecule has 0 spiro atoms. The van der Waals surface area contributed by atoms with Crippen molar-refractivity contribution in [1.82, 2.24) is 0 Å². The van der Waals surface area contributed by atoms with Crippen molar-refractivity contribution in [3.8, 4) is 5.75 Å². The molecular formula is C12H14O2. The largest absolute Gasteiger partial charge is 0.423 e. The van der Waals surface area contributed by atoms with E-state index in [-0.39, 0.29) is 0 Å². The average Bonchev–Trinajstić information content (AvgIpc) is 2.19. The van der Waals surface area contributed by atoms with Crippen LogP contribution in [0.4, 0.5) is 0 Å². The van der Waals surface area contributed by atoms with Crippen LogP contribution in [0.5, 0.6) is 5.75 Å². The highest BCUT2D eigenvalue weighted by Crippen LogP contribution is 2.23. The van der Waals surface area contributed by atoms with Crippen molar-refractivity contribution in [2.45, 2.75) is 20.8 Å². The fourth-order valence-electron chi connectivity index (χ4n) is 1.19. The molecule has 14 heavy (non-hydrogen) atoms. The summed E-state index contributed by atoms with van der Waals surface area (Å²) >= 11 is 0. The van der Waals surface area contributed by atoms with Crippen LogP contribution in [0.3, 0.4) is 0 Å². The lowest BCUT2D eigenvalue weighted by atomic mass is 10.0. The van der Waals surface area contributed by atoms with Crippen LogP contribution in [-0.2, 0) is 4.79 Å². The van der Waals surface area contributed by atoms with Crippen molar-refractivity contribution in [2.24, 2.45) is 0 Å². The zero-order chi connectivity index (χ0) is 10.7. The fourth-order valence-corrected chi connectivity index (χ4v) is 1.19. The van der Waals surface area contributed by atoms with Crippen molar-refractivity contribution in [3.05, 3.63) is 41.5 Å². The third-order valence-corrected chi connectivity index (χ3v) is 2.39. The summed E-state index contributed by atoms with van der Waals surface area (Å²) in [5.74, 6) is 0.189. The van der Waals surface area contributed by atoms with E-state index in [1.165, 1.54) is 5.56 Å². The molecule has 2 heteroatoms. The monoisotopic (exact) mass is 190 g/mol. The van der Waals surface area contributed by atoms with Gasteiger partial charge in [-0.2, -0.15) is 0 Å². The number of aryl methyl sites for hydroxylation is 1. The van der Waals surface area contributed by atoms with Crippen molar-refractivity contribution in [3.63, 3.8) is 0 Å². The molecule has 0 fully saturated rings. The van der Waals surface area contributed by atoms with Gasteiger partial charge in [-0.1, -0.05) is 12.6 Å². The highest BCUT2D eigenvalue weighted by Gasteiger charge is 2.06. The van der Waals surface area contributed by atoms with Crippen LogP contribution in [0.25, 0.3) is 0 Å². The van der Waals surface area contributed by atoms with Gasteiger partial charge in [0.25, 0.3) is 0 Å². The molecule has 0 aliphatic heterocycles. The first kappa shape index (κ1) is 10.5. The molecule has 0 aliphatic rings. The van der Waals surface area contributed by atoms with E-state index >= 15 is 0 Å². The Bertz CT molecular complexity index is 378. The van der Waals surface area contributed by atoms with Gasteiger partial charge in [-0.05, 0) is 43.5 Å². The molecule has 0 bridgehead atoms. The molecule has 0 unspecified atom stereocenters. The molecule has 0 saturated carbocycles. The lowest BCUT2D eigenvalue weighted by Crippen LogP contribution is -2.05. The minimum atomic E-state index is -0.420. The first-order chi connectivity index (χ1) is 6.56. The Hall–Kier alpha value is -1.57. The second-order valence-electron chi connectivity index (χ2n) is 3.26. The van der Waals surface area contributed by atoms with Gasteiger partial charge in [0.15, 0.2) is 0 Å². The lowest BCUT2D eigenvalue weighted by Gasteiger charge is -2.09. The molecule has 0 radical (unpaired) electrons. The third kappa shape index (κ3) is 2.02. The van der Waals surface area contributed by atoms with Crippen LogP contribution in [0.2, 0.25) is 0 Å². The van der Waals surface area contributed by atoms with Crippen molar-refractivity contribution in [2.75, 3.05) is 0 Å². The van der Waals surface area contributed by atoms with Crippen molar-refractivity contribution >= 4 is 5.97 Å². The zero-order valence-corrected chi connectivity index (χ0v) is 8.76. The number of carbonyl (C=O) groups excluding carboxylic acids is 1. The SMILES string of the molecule is C=CC(=O)Oc1ccc(C)c(C)c1C. The molecular weight excluding hydrogens is 176 g/mol. The maximum Gasteiger partial charge on any atom is 0.335 e. The van der Waals surface area contributed by atoms with Gasteiger partial charge < -0.3 is 4.74 Å². The summed E-state index contributed by atoms with van der Waals surface area (Å²) in [6.45, 7) is 9.33. The average molecular weight is 190 g/mol. The maximum atomic E-state index is 11.0. The maximum absolute atomic E-state index is 11.0. The Balaban J connectivity index is 3.05. The predicted molar refractivity (Wildman–Crippen MR) is 56.5 cm³/mol.